The van der Waals surface area contributed by atoms with Crippen LogP contribution in [0.3, 0.4) is 0 Å². The van der Waals surface area contributed by atoms with Gasteiger partial charge < -0.3 is 0 Å². The van der Waals surface area contributed by atoms with Gasteiger partial charge in [-0.25, -0.2) is 20.2 Å². The molecule has 0 atom stereocenters. The first-order valence-corrected chi connectivity index (χ1v) is 5.12. The summed E-state index contributed by atoms with van der Waals surface area (Å²) in [5, 5.41) is 40.0. The van der Waals surface area contributed by atoms with Gasteiger partial charge in [0, 0.05) is 17.8 Å². The Hall–Kier alpha value is -2.71. The average Bonchev–Trinajstić information content (AvgIpc) is 2.35. The van der Waals surface area contributed by atoms with Crippen molar-refractivity contribution in [2.45, 2.75) is 18.4 Å². The molecule has 0 N–H and O–H groups in total. The SMILES string of the molecule is N#CCCC1([N+](=O)[O-])CN([N+](=O)[O-])CN([N+](=O)[O-])C1. The fourth-order valence-electron chi connectivity index (χ4n) is 1.89. The van der Waals surface area contributed by atoms with E-state index in [0.717, 1.165) is 0 Å². The van der Waals surface area contributed by atoms with E-state index in [1.54, 1.807) is 6.07 Å². The lowest BCUT2D eigenvalue weighted by Crippen LogP contribution is -2.65. The summed E-state index contributed by atoms with van der Waals surface area (Å²) in [6.07, 6.45) is -0.497. The second-order valence-corrected chi connectivity index (χ2v) is 4.09. The van der Waals surface area contributed by atoms with Crippen molar-refractivity contribution in [1.82, 2.24) is 10.0 Å². The van der Waals surface area contributed by atoms with Crippen LogP contribution in [-0.2, 0) is 0 Å². The molecule has 0 unspecified atom stereocenters. The maximum Gasteiger partial charge on any atom is 0.268 e. The standard InChI is InChI=1S/C7H10N6O6/c8-3-1-2-7(11(14)15)4-9(12(16)17)6-10(5-7)13(18)19/h1-2,4-6H2. The van der Waals surface area contributed by atoms with E-state index in [2.05, 4.69) is 0 Å². The Bertz CT molecular complexity index is 424. The highest BCUT2D eigenvalue weighted by Crippen LogP contribution is 2.25. The highest BCUT2D eigenvalue weighted by molar-refractivity contribution is 4.90. The molecule has 0 spiro atoms. The van der Waals surface area contributed by atoms with Crippen LogP contribution in [0.2, 0.25) is 0 Å². The minimum absolute atomic E-state index is 0.210. The van der Waals surface area contributed by atoms with Gasteiger partial charge in [-0.15, -0.1) is 0 Å². The summed E-state index contributed by atoms with van der Waals surface area (Å²) in [6.45, 7) is -1.78. The molecule has 1 rings (SSSR count). The number of hydrogen-bond donors (Lipinski definition) is 0. The number of nitrogens with zero attached hydrogens (tertiary/aromatic N) is 6. The summed E-state index contributed by atoms with van der Waals surface area (Å²) in [6, 6.07) is 1.70. The zero-order chi connectivity index (χ0) is 14.6. The van der Waals surface area contributed by atoms with Crippen LogP contribution in [0, 0.1) is 41.7 Å². The van der Waals surface area contributed by atoms with E-state index in [4.69, 9.17) is 5.26 Å². The second kappa shape index (κ2) is 5.29. The Kier molecular flexibility index (Phi) is 4.00. The topological polar surface area (TPSA) is 160 Å². The molecule has 12 nitrogen and oxygen atoms in total. The third kappa shape index (κ3) is 2.94. The minimum Gasteiger partial charge on any atom is -0.264 e. The Balaban J connectivity index is 3.06. The van der Waals surface area contributed by atoms with Gasteiger partial charge in [0.15, 0.2) is 23.2 Å². The first kappa shape index (κ1) is 14.4. The van der Waals surface area contributed by atoms with E-state index in [-0.39, 0.29) is 12.8 Å². The van der Waals surface area contributed by atoms with E-state index < -0.39 is 40.3 Å². The van der Waals surface area contributed by atoms with Crippen molar-refractivity contribution in [3.8, 4) is 6.07 Å². The van der Waals surface area contributed by atoms with Crippen LogP contribution >= 0.6 is 0 Å². The summed E-state index contributed by atoms with van der Waals surface area (Å²) in [5.41, 5.74) is -1.89. The van der Waals surface area contributed by atoms with Gasteiger partial charge >= 0.3 is 0 Å². The van der Waals surface area contributed by atoms with Crippen molar-refractivity contribution < 1.29 is 15.0 Å². The first-order valence-electron chi connectivity index (χ1n) is 5.12. The van der Waals surface area contributed by atoms with Gasteiger partial charge in [0.25, 0.3) is 5.54 Å². The van der Waals surface area contributed by atoms with Gasteiger partial charge in [-0.3, -0.25) is 10.1 Å². The molecule has 1 aliphatic rings. The number of nitro groups is 3. The van der Waals surface area contributed by atoms with Crippen LogP contribution in [-0.4, -0.2) is 50.3 Å². The lowest BCUT2D eigenvalue weighted by atomic mass is 9.92. The van der Waals surface area contributed by atoms with Crippen LogP contribution < -0.4 is 0 Å². The lowest BCUT2D eigenvalue weighted by Gasteiger charge is -2.34. The van der Waals surface area contributed by atoms with Crippen molar-refractivity contribution in [3.05, 3.63) is 30.3 Å². The number of hydrogen-bond acceptors (Lipinski definition) is 7. The summed E-state index contributed by atoms with van der Waals surface area (Å²) in [5.74, 6) is 0. The van der Waals surface area contributed by atoms with E-state index in [1.165, 1.54) is 0 Å². The molecular formula is C7H10N6O6. The number of rotatable bonds is 5. The normalized spacial score (nSPS) is 17.6. The monoisotopic (exact) mass is 274 g/mol. The number of hydrazine groups is 2. The Labute approximate surface area is 106 Å². The van der Waals surface area contributed by atoms with Gasteiger partial charge in [0.05, 0.1) is 6.07 Å². The summed E-state index contributed by atoms with van der Waals surface area (Å²) < 4.78 is 0. The van der Waals surface area contributed by atoms with Crippen molar-refractivity contribution >= 4 is 0 Å². The Morgan fingerprint density at radius 1 is 1.11 bits per heavy atom. The van der Waals surface area contributed by atoms with E-state index >= 15 is 0 Å². The quantitative estimate of drug-likeness (QED) is 0.464. The van der Waals surface area contributed by atoms with Crippen molar-refractivity contribution in [2.24, 2.45) is 0 Å². The molecule has 0 radical (unpaired) electrons. The molecule has 1 saturated heterocycles. The van der Waals surface area contributed by atoms with Crippen LogP contribution in [0.4, 0.5) is 0 Å². The Morgan fingerprint density at radius 2 is 1.58 bits per heavy atom. The van der Waals surface area contributed by atoms with Crippen molar-refractivity contribution in [3.63, 3.8) is 0 Å². The van der Waals surface area contributed by atoms with Crippen LogP contribution in [0.25, 0.3) is 0 Å². The molecule has 0 saturated carbocycles. The first-order chi connectivity index (χ1) is 8.82. The summed E-state index contributed by atoms with van der Waals surface area (Å²) in [4.78, 5) is 31.7. The lowest BCUT2D eigenvalue weighted by molar-refractivity contribution is -0.743. The average molecular weight is 274 g/mol. The van der Waals surface area contributed by atoms with E-state index in [0.29, 0.717) is 10.0 Å². The molecule has 12 heteroatoms. The van der Waals surface area contributed by atoms with Crippen LogP contribution in [0.5, 0.6) is 0 Å². The fourth-order valence-corrected chi connectivity index (χ4v) is 1.89. The molecule has 0 bridgehead atoms. The molecule has 1 aliphatic heterocycles. The molecule has 0 aromatic rings. The predicted octanol–water partition coefficient (Wildman–Crippen LogP) is -0.736. The molecule has 0 amide bonds. The highest BCUT2D eigenvalue weighted by Gasteiger charge is 2.55. The highest BCUT2D eigenvalue weighted by atomic mass is 16.7. The fraction of sp³-hybridized carbons (Fsp3) is 0.857. The molecule has 104 valence electrons. The molecular weight excluding hydrogens is 264 g/mol. The number of nitriles is 1. The molecule has 1 heterocycles. The zero-order valence-corrected chi connectivity index (χ0v) is 9.67. The maximum absolute atomic E-state index is 11.1. The van der Waals surface area contributed by atoms with Crippen molar-refractivity contribution in [2.75, 3.05) is 19.8 Å². The predicted molar refractivity (Wildman–Crippen MR) is 56.8 cm³/mol. The smallest absolute Gasteiger partial charge is 0.264 e. The van der Waals surface area contributed by atoms with Gasteiger partial charge in [-0.1, -0.05) is 10.0 Å². The molecule has 0 aromatic carbocycles. The summed E-state index contributed by atoms with van der Waals surface area (Å²) >= 11 is 0. The van der Waals surface area contributed by atoms with E-state index in [1.807, 2.05) is 0 Å². The largest absolute Gasteiger partial charge is 0.268 e. The second-order valence-electron chi connectivity index (χ2n) is 4.09. The van der Waals surface area contributed by atoms with Gasteiger partial charge in [0.2, 0.25) is 6.67 Å². The molecule has 0 aliphatic carbocycles. The van der Waals surface area contributed by atoms with Gasteiger partial charge in [0.1, 0.15) is 0 Å². The van der Waals surface area contributed by atoms with Crippen LogP contribution in [0.1, 0.15) is 12.8 Å². The molecule has 1 fully saturated rings. The van der Waals surface area contributed by atoms with Crippen LogP contribution in [0.15, 0.2) is 0 Å². The van der Waals surface area contributed by atoms with Crippen molar-refractivity contribution in [1.29, 1.82) is 5.26 Å². The van der Waals surface area contributed by atoms with E-state index in [9.17, 15) is 30.3 Å². The van der Waals surface area contributed by atoms with Gasteiger partial charge in [-0.05, 0) is 0 Å². The molecule has 0 aromatic heterocycles. The summed E-state index contributed by atoms with van der Waals surface area (Å²) in [7, 11) is 0. The van der Waals surface area contributed by atoms with Gasteiger partial charge in [-0.2, -0.15) is 5.26 Å². The Morgan fingerprint density at radius 3 is 1.89 bits per heavy atom. The third-order valence-electron chi connectivity index (χ3n) is 2.83. The third-order valence-corrected chi connectivity index (χ3v) is 2.83. The minimum atomic E-state index is -1.89. The zero-order valence-electron chi connectivity index (χ0n) is 9.67. The molecule has 19 heavy (non-hydrogen) atoms. The maximum atomic E-state index is 11.1.